The molecule has 14 nitrogen and oxygen atoms in total. The van der Waals surface area contributed by atoms with Crippen LogP contribution >= 0.6 is 0 Å². The molecule has 40 heavy (non-hydrogen) atoms. The lowest BCUT2D eigenvalue weighted by Crippen LogP contribution is -2.43. The van der Waals surface area contributed by atoms with Crippen LogP contribution in [0.15, 0.2) is 43.1 Å². The summed E-state index contributed by atoms with van der Waals surface area (Å²) >= 11 is 0. The van der Waals surface area contributed by atoms with Gasteiger partial charge in [0.2, 0.25) is 6.19 Å². The normalized spacial score (nSPS) is 14.4. The van der Waals surface area contributed by atoms with Crippen molar-refractivity contribution in [3.63, 3.8) is 0 Å². The number of piperidine rings is 1. The highest BCUT2D eigenvalue weighted by atomic mass is 16.2. The van der Waals surface area contributed by atoms with Crippen molar-refractivity contribution in [1.29, 1.82) is 5.26 Å². The minimum atomic E-state index is -0.230. The zero-order valence-electron chi connectivity index (χ0n) is 21.9. The largest absolute Gasteiger partial charge is 0.383 e. The van der Waals surface area contributed by atoms with E-state index in [2.05, 4.69) is 35.9 Å². The van der Waals surface area contributed by atoms with Gasteiger partial charge in [0.25, 0.3) is 11.7 Å². The zero-order chi connectivity index (χ0) is 27.5. The fraction of sp³-hybridized carbons (Fsp3) is 0.269. The van der Waals surface area contributed by atoms with E-state index in [-0.39, 0.29) is 17.8 Å². The average Bonchev–Trinajstić information content (AvgIpc) is 3.72. The number of hydrogen-bond acceptors (Lipinski definition) is 8. The van der Waals surface area contributed by atoms with E-state index in [0.717, 1.165) is 46.3 Å². The molecule has 6 aromatic rings. The standard InChI is InChI=1S/C26H25N13O/c1-15-13-37(17-5-9-36(10-6-17)26(40)25-34-35(2)38(25)14-27)24-20(15)21(28)39-23(33-24)18(12-32-39)16-3-4-19(31-11-16)22-29-7-8-30-22/h3-4,7-8,11-13,17H,5-6,9-10,28H2,1-2H3,(H,29,30). The first-order chi connectivity index (χ1) is 19.4. The van der Waals surface area contributed by atoms with Gasteiger partial charge in [-0.05, 0) is 31.4 Å². The zero-order valence-corrected chi connectivity index (χ0v) is 21.9. The van der Waals surface area contributed by atoms with Gasteiger partial charge in [0.1, 0.15) is 17.2 Å². The van der Waals surface area contributed by atoms with Gasteiger partial charge in [-0.1, -0.05) is 6.07 Å². The highest BCUT2D eigenvalue weighted by molar-refractivity contribution is 5.94. The number of H-pyrrole nitrogens is 1. The molecule has 1 saturated heterocycles. The fourth-order valence-corrected chi connectivity index (χ4v) is 5.54. The van der Waals surface area contributed by atoms with Gasteiger partial charge in [-0.2, -0.15) is 19.7 Å². The summed E-state index contributed by atoms with van der Waals surface area (Å²) in [6.45, 7) is 3.12. The third-order valence-electron chi connectivity index (χ3n) is 7.61. The Labute approximate surface area is 227 Å². The molecule has 1 aliphatic heterocycles. The molecular formula is C26H25N13O. The Morgan fingerprint density at radius 2 is 2.00 bits per heavy atom. The number of nitrogens with zero attached hydrogens (tertiary/aromatic N) is 11. The molecular weight excluding hydrogens is 510 g/mol. The van der Waals surface area contributed by atoms with E-state index in [9.17, 15) is 10.1 Å². The Hall–Kier alpha value is -5.45. The Kier molecular flexibility index (Phi) is 5.20. The lowest BCUT2D eigenvalue weighted by atomic mass is 10.0. The van der Waals surface area contributed by atoms with Crippen LogP contribution in [0.25, 0.3) is 39.3 Å². The van der Waals surface area contributed by atoms with Gasteiger partial charge in [-0.3, -0.25) is 9.78 Å². The number of rotatable bonds is 4. The van der Waals surface area contributed by atoms with E-state index < -0.39 is 0 Å². The third kappa shape index (κ3) is 3.48. The maximum absolute atomic E-state index is 12.9. The lowest BCUT2D eigenvalue weighted by Gasteiger charge is -2.33. The quantitative estimate of drug-likeness (QED) is 0.346. The Balaban J connectivity index is 1.21. The number of hydrogen-bond donors (Lipinski definition) is 2. The Morgan fingerprint density at radius 3 is 2.67 bits per heavy atom. The maximum Gasteiger partial charge on any atom is 0.294 e. The van der Waals surface area contributed by atoms with Gasteiger partial charge in [0.15, 0.2) is 11.5 Å². The van der Waals surface area contributed by atoms with Crippen molar-refractivity contribution < 1.29 is 4.79 Å². The molecule has 14 heteroatoms. The molecule has 0 radical (unpaired) electrons. The summed E-state index contributed by atoms with van der Waals surface area (Å²) in [5.74, 6) is 1.15. The first-order valence-electron chi connectivity index (χ1n) is 12.9. The molecule has 7 heterocycles. The van der Waals surface area contributed by atoms with Crippen LogP contribution < -0.4 is 5.73 Å². The lowest BCUT2D eigenvalue weighted by molar-refractivity contribution is 0.0659. The molecule has 3 N–H and O–H groups in total. The van der Waals surface area contributed by atoms with E-state index in [1.165, 1.54) is 9.48 Å². The average molecular weight is 536 g/mol. The summed E-state index contributed by atoms with van der Waals surface area (Å²) in [5, 5.41) is 18.7. The van der Waals surface area contributed by atoms with Crippen molar-refractivity contribution >= 4 is 28.4 Å². The van der Waals surface area contributed by atoms with Gasteiger partial charge in [-0.25, -0.2) is 9.97 Å². The molecule has 0 aromatic carbocycles. The molecule has 1 fully saturated rings. The van der Waals surface area contributed by atoms with E-state index in [4.69, 9.17) is 10.7 Å². The van der Waals surface area contributed by atoms with Crippen LogP contribution in [0, 0.1) is 18.4 Å². The smallest absolute Gasteiger partial charge is 0.294 e. The van der Waals surface area contributed by atoms with Crippen molar-refractivity contribution in [1.82, 2.24) is 53.6 Å². The molecule has 1 amide bonds. The topological polar surface area (TPSA) is 170 Å². The molecule has 0 unspecified atom stereocenters. The number of aromatic nitrogens is 10. The molecule has 0 atom stereocenters. The second-order valence-corrected chi connectivity index (χ2v) is 9.93. The number of imidazole rings is 1. The molecule has 0 bridgehead atoms. The molecule has 0 spiro atoms. The van der Waals surface area contributed by atoms with Gasteiger partial charge in [0, 0.05) is 62.1 Å². The summed E-state index contributed by atoms with van der Waals surface area (Å²) in [6.07, 6.45) is 12.5. The SMILES string of the molecule is Cc1cn(C2CCN(C(=O)c3nn(C)n3C#N)CC2)c2nc3c(-c4ccc(-c5ncc[nH]5)nc4)cnn3c(N)c12. The summed E-state index contributed by atoms with van der Waals surface area (Å²) in [7, 11) is 1.62. The Morgan fingerprint density at radius 1 is 1.18 bits per heavy atom. The van der Waals surface area contributed by atoms with E-state index in [1.54, 1.807) is 41.3 Å². The summed E-state index contributed by atoms with van der Waals surface area (Å²) in [5.41, 5.74) is 11.5. The van der Waals surface area contributed by atoms with Crippen LogP contribution in [0.5, 0.6) is 0 Å². The molecule has 0 saturated carbocycles. The summed E-state index contributed by atoms with van der Waals surface area (Å²) in [4.78, 5) is 32.9. The van der Waals surface area contributed by atoms with Crippen LogP contribution in [0.1, 0.15) is 35.1 Å². The molecule has 1 aliphatic rings. The maximum atomic E-state index is 12.9. The predicted molar refractivity (Wildman–Crippen MR) is 145 cm³/mol. The fourth-order valence-electron chi connectivity index (χ4n) is 5.54. The van der Waals surface area contributed by atoms with Crippen molar-refractivity contribution in [2.45, 2.75) is 25.8 Å². The van der Waals surface area contributed by atoms with Gasteiger partial charge in [0.05, 0.1) is 11.6 Å². The number of carbonyl (C=O) groups excluding carboxylic acids is 1. The van der Waals surface area contributed by atoms with Crippen molar-refractivity contribution in [2.24, 2.45) is 7.05 Å². The second kappa shape index (κ2) is 8.80. The number of nitrogens with two attached hydrogens (primary N) is 1. The monoisotopic (exact) mass is 535 g/mol. The van der Waals surface area contributed by atoms with Gasteiger partial charge in [-0.15, -0.1) is 9.78 Å². The number of amides is 1. The number of nitriles is 1. The number of anilines is 1. The number of nitrogens with one attached hydrogen (secondary N) is 1. The highest BCUT2D eigenvalue weighted by Crippen LogP contribution is 2.35. The van der Waals surface area contributed by atoms with Crippen LogP contribution in [0.4, 0.5) is 5.82 Å². The molecule has 7 rings (SSSR count). The van der Waals surface area contributed by atoms with Crippen LogP contribution in [0.2, 0.25) is 0 Å². The highest BCUT2D eigenvalue weighted by Gasteiger charge is 2.30. The molecule has 0 aliphatic carbocycles. The minimum Gasteiger partial charge on any atom is -0.383 e. The van der Waals surface area contributed by atoms with Crippen molar-refractivity contribution in [2.75, 3.05) is 18.8 Å². The van der Waals surface area contributed by atoms with Crippen molar-refractivity contribution in [3.05, 3.63) is 54.5 Å². The summed E-state index contributed by atoms with van der Waals surface area (Å²) < 4.78 is 5.04. The number of aromatic amines is 1. The predicted octanol–water partition coefficient (Wildman–Crippen LogP) is 2.37. The van der Waals surface area contributed by atoms with Crippen LogP contribution in [-0.2, 0) is 7.05 Å². The summed E-state index contributed by atoms with van der Waals surface area (Å²) in [6, 6.07) is 4.01. The number of fused-ring (bicyclic) bond motifs is 2. The van der Waals surface area contributed by atoms with E-state index >= 15 is 0 Å². The van der Waals surface area contributed by atoms with Crippen LogP contribution in [0.3, 0.4) is 0 Å². The number of pyridine rings is 1. The number of nitrogen functional groups attached to an aromatic ring is 1. The van der Waals surface area contributed by atoms with Gasteiger partial charge >= 0.3 is 0 Å². The van der Waals surface area contributed by atoms with Crippen LogP contribution in [-0.4, -0.2) is 72.6 Å². The first-order valence-corrected chi connectivity index (χ1v) is 12.9. The third-order valence-corrected chi connectivity index (χ3v) is 7.61. The minimum absolute atomic E-state index is 0.133. The first kappa shape index (κ1) is 23.7. The molecule has 6 aromatic heterocycles. The number of likely N-dealkylation sites (tertiary alicyclic amines) is 1. The van der Waals surface area contributed by atoms with E-state index in [0.29, 0.717) is 30.4 Å². The molecule has 200 valence electrons. The number of aryl methyl sites for hydroxylation is 2. The van der Waals surface area contributed by atoms with Crippen molar-refractivity contribution in [3.8, 4) is 28.8 Å². The second-order valence-electron chi connectivity index (χ2n) is 9.93. The Bertz CT molecular complexity index is 1920. The number of carbonyl (C=O) groups is 1. The van der Waals surface area contributed by atoms with Gasteiger partial charge < -0.3 is 20.2 Å². The van der Waals surface area contributed by atoms with E-state index in [1.807, 2.05) is 25.2 Å².